The monoisotopic (exact) mass is 354 g/mol. The summed E-state index contributed by atoms with van der Waals surface area (Å²) < 4.78 is 11.5. The number of hydrogen-bond donors (Lipinski definition) is 1. The van der Waals surface area contributed by atoms with Crippen molar-refractivity contribution in [1.29, 1.82) is 0 Å². The Hall–Kier alpha value is -2.67. The highest BCUT2D eigenvalue weighted by atomic mass is 16.5. The third-order valence-corrected chi connectivity index (χ3v) is 4.60. The number of rotatable bonds is 3. The highest BCUT2D eigenvalue weighted by molar-refractivity contribution is 6.04. The van der Waals surface area contributed by atoms with E-state index in [1.807, 2.05) is 12.1 Å². The van der Waals surface area contributed by atoms with Gasteiger partial charge in [0.2, 0.25) is 0 Å². The number of amides is 1. The second-order valence-corrected chi connectivity index (χ2v) is 7.16. The predicted molar refractivity (Wildman–Crippen MR) is 97.9 cm³/mol. The van der Waals surface area contributed by atoms with E-state index in [0.717, 1.165) is 42.2 Å². The molecule has 0 atom stereocenters. The first-order valence-electron chi connectivity index (χ1n) is 8.78. The molecule has 3 heterocycles. The van der Waals surface area contributed by atoms with Gasteiger partial charge in [-0.3, -0.25) is 4.79 Å². The number of nitrogens with one attached hydrogen (secondary N) is 1. The fourth-order valence-electron chi connectivity index (χ4n) is 3.42. The molecular weight excluding hydrogens is 332 g/mol. The second-order valence-electron chi connectivity index (χ2n) is 7.16. The molecule has 1 saturated heterocycles. The Morgan fingerprint density at radius 3 is 2.81 bits per heavy atom. The van der Waals surface area contributed by atoms with Gasteiger partial charge < -0.3 is 19.7 Å². The lowest BCUT2D eigenvalue weighted by Crippen LogP contribution is -2.36. The molecule has 1 fully saturated rings. The highest BCUT2D eigenvalue weighted by Gasteiger charge is 2.32. The third kappa shape index (κ3) is 3.35. The van der Waals surface area contributed by atoms with Gasteiger partial charge >= 0.3 is 0 Å². The summed E-state index contributed by atoms with van der Waals surface area (Å²) in [6.07, 6.45) is 3.74. The van der Waals surface area contributed by atoms with E-state index in [0.29, 0.717) is 18.9 Å². The molecule has 136 valence electrons. The minimum atomic E-state index is -0.250. The SMILES string of the molecule is CC1(C)Cc2cc(NC(=O)c3ccncn3)c(N3CCOCC3)cc2O1. The zero-order valence-electron chi connectivity index (χ0n) is 15.0. The van der Waals surface area contributed by atoms with Gasteiger partial charge in [0.1, 0.15) is 23.4 Å². The highest BCUT2D eigenvalue weighted by Crippen LogP contribution is 2.41. The van der Waals surface area contributed by atoms with Crippen LogP contribution < -0.4 is 15.0 Å². The summed E-state index contributed by atoms with van der Waals surface area (Å²) in [5, 5.41) is 3.01. The quantitative estimate of drug-likeness (QED) is 0.911. The van der Waals surface area contributed by atoms with Gasteiger partial charge in [-0.25, -0.2) is 9.97 Å². The fraction of sp³-hybridized carbons (Fsp3) is 0.421. The smallest absolute Gasteiger partial charge is 0.274 e. The van der Waals surface area contributed by atoms with E-state index in [1.54, 1.807) is 12.3 Å². The Morgan fingerprint density at radius 1 is 1.27 bits per heavy atom. The van der Waals surface area contributed by atoms with Crippen molar-refractivity contribution in [2.24, 2.45) is 0 Å². The normalized spacial score (nSPS) is 18.2. The van der Waals surface area contributed by atoms with E-state index in [4.69, 9.17) is 9.47 Å². The van der Waals surface area contributed by atoms with Crippen molar-refractivity contribution in [3.05, 3.63) is 42.0 Å². The number of benzene rings is 1. The molecule has 0 bridgehead atoms. The second kappa shape index (κ2) is 6.57. The van der Waals surface area contributed by atoms with E-state index in [2.05, 4.69) is 34.0 Å². The third-order valence-electron chi connectivity index (χ3n) is 4.60. The number of carbonyl (C=O) groups is 1. The molecule has 1 N–H and O–H groups in total. The lowest BCUT2D eigenvalue weighted by molar-refractivity contribution is 0.102. The number of morpholine rings is 1. The van der Waals surface area contributed by atoms with Gasteiger partial charge in [-0.2, -0.15) is 0 Å². The van der Waals surface area contributed by atoms with Gasteiger partial charge in [-0.15, -0.1) is 0 Å². The van der Waals surface area contributed by atoms with E-state index < -0.39 is 0 Å². The molecule has 1 amide bonds. The van der Waals surface area contributed by atoms with Crippen molar-refractivity contribution in [2.75, 3.05) is 36.5 Å². The Bertz CT molecular complexity index is 817. The van der Waals surface area contributed by atoms with E-state index in [-0.39, 0.29) is 11.5 Å². The molecule has 2 aliphatic rings. The minimum Gasteiger partial charge on any atom is -0.487 e. The van der Waals surface area contributed by atoms with Gasteiger partial charge in [0.25, 0.3) is 5.91 Å². The van der Waals surface area contributed by atoms with Crippen LogP contribution in [0.1, 0.15) is 29.9 Å². The maximum atomic E-state index is 12.6. The first kappa shape index (κ1) is 16.8. The number of carbonyl (C=O) groups excluding carboxylic acids is 1. The van der Waals surface area contributed by atoms with Gasteiger partial charge in [-0.1, -0.05) is 0 Å². The van der Waals surface area contributed by atoms with E-state index in [1.165, 1.54) is 6.33 Å². The van der Waals surface area contributed by atoms with Crippen LogP contribution >= 0.6 is 0 Å². The summed E-state index contributed by atoms with van der Waals surface area (Å²) in [4.78, 5) is 22.7. The molecule has 4 rings (SSSR count). The van der Waals surface area contributed by atoms with Gasteiger partial charge in [-0.05, 0) is 26.0 Å². The zero-order valence-corrected chi connectivity index (χ0v) is 15.0. The molecule has 1 aromatic heterocycles. The number of nitrogens with zero attached hydrogens (tertiary/aromatic N) is 3. The molecule has 7 nitrogen and oxygen atoms in total. The van der Waals surface area contributed by atoms with Crippen LogP contribution in [0.4, 0.5) is 11.4 Å². The number of anilines is 2. The topological polar surface area (TPSA) is 76.6 Å². The van der Waals surface area contributed by atoms with Crippen LogP contribution in [0.5, 0.6) is 5.75 Å². The average Bonchev–Trinajstić information content (AvgIpc) is 2.95. The molecule has 1 aromatic carbocycles. The first-order valence-corrected chi connectivity index (χ1v) is 8.78. The van der Waals surface area contributed by atoms with Crippen molar-refractivity contribution < 1.29 is 14.3 Å². The largest absolute Gasteiger partial charge is 0.487 e. The lowest BCUT2D eigenvalue weighted by Gasteiger charge is -2.31. The van der Waals surface area contributed by atoms with Crippen LogP contribution in [0.3, 0.4) is 0 Å². The molecule has 0 saturated carbocycles. The van der Waals surface area contributed by atoms with Crippen LogP contribution in [0, 0.1) is 0 Å². The van der Waals surface area contributed by atoms with Crippen molar-refractivity contribution in [3.8, 4) is 5.75 Å². The molecule has 2 aromatic rings. The van der Waals surface area contributed by atoms with Gasteiger partial charge in [0, 0.05) is 37.3 Å². The van der Waals surface area contributed by atoms with Crippen molar-refractivity contribution in [2.45, 2.75) is 25.9 Å². The maximum Gasteiger partial charge on any atom is 0.274 e. The standard InChI is InChI=1S/C19H22N4O3/c1-19(2)11-13-9-15(22-18(24)14-3-4-20-12-21-14)16(10-17(13)26-19)23-5-7-25-8-6-23/h3-4,9-10,12H,5-8,11H2,1-2H3,(H,22,24). The number of fused-ring (bicyclic) bond motifs is 1. The molecule has 0 unspecified atom stereocenters. The van der Waals surface area contributed by atoms with Crippen LogP contribution in [0.15, 0.2) is 30.7 Å². The number of ether oxygens (including phenoxy) is 2. The Labute approximate surface area is 152 Å². The van der Waals surface area contributed by atoms with Crippen molar-refractivity contribution in [1.82, 2.24) is 9.97 Å². The minimum absolute atomic E-state index is 0.236. The maximum absolute atomic E-state index is 12.6. The fourth-order valence-corrected chi connectivity index (χ4v) is 3.42. The zero-order chi connectivity index (χ0) is 18.1. The molecule has 26 heavy (non-hydrogen) atoms. The molecule has 7 heteroatoms. The summed E-state index contributed by atoms with van der Waals surface area (Å²) in [5.41, 5.74) is 2.93. The summed E-state index contributed by atoms with van der Waals surface area (Å²) in [6.45, 7) is 7.03. The molecule has 0 radical (unpaired) electrons. The molecule has 0 spiro atoms. The first-order chi connectivity index (χ1) is 12.5. The lowest BCUT2D eigenvalue weighted by atomic mass is 10.0. The summed E-state index contributed by atoms with van der Waals surface area (Å²) in [7, 11) is 0. The molecule has 0 aliphatic carbocycles. The Kier molecular flexibility index (Phi) is 4.24. The van der Waals surface area contributed by atoms with Crippen LogP contribution in [0.25, 0.3) is 0 Å². The predicted octanol–water partition coefficient (Wildman–Crippen LogP) is 2.28. The summed E-state index contributed by atoms with van der Waals surface area (Å²) in [6, 6.07) is 5.66. The summed E-state index contributed by atoms with van der Waals surface area (Å²) >= 11 is 0. The van der Waals surface area contributed by atoms with Gasteiger partial charge in [0.05, 0.1) is 24.6 Å². The van der Waals surface area contributed by atoms with Gasteiger partial charge in [0.15, 0.2) is 0 Å². The van der Waals surface area contributed by atoms with E-state index >= 15 is 0 Å². The van der Waals surface area contributed by atoms with Crippen molar-refractivity contribution in [3.63, 3.8) is 0 Å². The van der Waals surface area contributed by atoms with Crippen LogP contribution in [0.2, 0.25) is 0 Å². The molecular formula is C19H22N4O3. The average molecular weight is 354 g/mol. The van der Waals surface area contributed by atoms with Crippen molar-refractivity contribution >= 4 is 17.3 Å². The number of hydrogen-bond acceptors (Lipinski definition) is 6. The Balaban J connectivity index is 1.68. The van der Waals surface area contributed by atoms with Crippen LogP contribution in [-0.2, 0) is 11.2 Å². The van der Waals surface area contributed by atoms with E-state index in [9.17, 15) is 4.79 Å². The van der Waals surface area contributed by atoms with Crippen LogP contribution in [-0.4, -0.2) is 47.8 Å². The number of aromatic nitrogens is 2. The summed E-state index contributed by atoms with van der Waals surface area (Å²) in [5.74, 6) is 0.636. The molecule has 2 aliphatic heterocycles. The Morgan fingerprint density at radius 2 is 2.08 bits per heavy atom.